The first-order chi connectivity index (χ1) is 17.5. The lowest BCUT2D eigenvalue weighted by Gasteiger charge is -2.18. The van der Waals surface area contributed by atoms with Gasteiger partial charge < -0.3 is 25.5 Å². The molecule has 0 aliphatic rings. The van der Waals surface area contributed by atoms with E-state index in [0.717, 1.165) is 19.3 Å². The van der Waals surface area contributed by atoms with Gasteiger partial charge >= 0.3 is 11.9 Å². The number of carboxylic acid groups (broad SMARTS) is 2. The first kappa shape index (κ1) is 39.8. The summed E-state index contributed by atoms with van der Waals surface area (Å²) in [4.78, 5) is 19.9. The highest BCUT2D eigenvalue weighted by atomic mass is 16.4. The fourth-order valence-corrected chi connectivity index (χ4v) is 3.20. The molecule has 0 radical (unpaired) electrons. The Morgan fingerprint density at radius 1 is 0.811 bits per heavy atom. The topological polar surface area (TPSA) is 135 Å². The summed E-state index contributed by atoms with van der Waals surface area (Å²) in [5, 5.41) is 43.2. The lowest BCUT2D eigenvalue weighted by molar-refractivity contribution is -0.137. The van der Waals surface area contributed by atoms with Gasteiger partial charge in [0.2, 0.25) is 0 Å². The van der Waals surface area contributed by atoms with Gasteiger partial charge in [-0.05, 0) is 44.9 Å². The van der Waals surface area contributed by atoms with Gasteiger partial charge in [-0.15, -0.1) is 0 Å². The molecule has 0 bridgehead atoms. The summed E-state index contributed by atoms with van der Waals surface area (Å²) in [6.07, 6.45) is 21.1. The van der Waals surface area contributed by atoms with E-state index >= 15 is 0 Å². The van der Waals surface area contributed by atoms with Crippen LogP contribution in [-0.2, 0) is 9.59 Å². The molecule has 7 heteroatoms. The van der Waals surface area contributed by atoms with E-state index in [9.17, 15) is 14.7 Å². The lowest BCUT2D eigenvalue weighted by atomic mass is 9.97. The Balaban J connectivity index is -0.000000566. The zero-order valence-corrected chi connectivity index (χ0v) is 24.2. The Morgan fingerprint density at radius 3 is 1.62 bits per heavy atom. The predicted octanol–water partition coefficient (Wildman–Crippen LogP) is 6.89. The van der Waals surface area contributed by atoms with Crippen molar-refractivity contribution in [1.29, 1.82) is 0 Å². The van der Waals surface area contributed by atoms with Crippen LogP contribution >= 0.6 is 0 Å². The lowest BCUT2D eigenvalue weighted by Crippen LogP contribution is -2.25. The molecule has 0 saturated heterocycles. The molecule has 0 rings (SSSR count). The van der Waals surface area contributed by atoms with E-state index in [4.69, 9.17) is 20.4 Å². The Labute approximate surface area is 226 Å². The predicted molar refractivity (Wildman–Crippen MR) is 153 cm³/mol. The molecular weight excluding hydrogens is 472 g/mol. The van der Waals surface area contributed by atoms with Crippen molar-refractivity contribution in [3.05, 3.63) is 24.3 Å². The van der Waals surface area contributed by atoms with Gasteiger partial charge in [-0.3, -0.25) is 4.79 Å². The first-order valence-electron chi connectivity index (χ1n) is 14.3. The van der Waals surface area contributed by atoms with Gasteiger partial charge in [-0.2, -0.15) is 0 Å². The van der Waals surface area contributed by atoms with Gasteiger partial charge in [0, 0.05) is 18.4 Å². The van der Waals surface area contributed by atoms with Crippen LogP contribution in [-0.4, -0.2) is 56.3 Å². The van der Waals surface area contributed by atoms with Crippen molar-refractivity contribution < 1.29 is 35.1 Å². The molecule has 0 aromatic heterocycles. The monoisotopic (exact) mass is 530 g/mol. The smallest absolute Gasteiger partial charge is 0.330 e. The van der Waals surface area contributed by atoms with E-state index in [1.165, 1.54) is 77.6 Å². The molecule has 220 valence electrons. The van der Waals surface area contributed by atoms with Crippen molar-refractivity contribution in [2.75, 3.05) is 6.61 Å². The number of aliphatic carboxylic acids is 2. The van der Waals surface area contributed by atoms with Crippen LogP contribution in [0.2, 0.25) is 0 Å². The van der Waals surface area contributed by atoms with Crippen LogP contribution in [0.25, 0.3) is 0 Å². The van der Waals surface area contributed by atoms with Crippen molar-refractivity contribution in [3.63, 3.8) is 0 Å². The second-order valence-electron chi connectivity index (χ2n) is 9.84. The molecule has 0 spiro atoms. The van der Waals surface area contributed by atoms with Crippen molar-refractivity contribution in [3.8, 4) is 0 Å². The summed E-state index contributed by atoms with van der Waals surface area (Å²) in [5.74, 6) is -1.41. The van der Waals surface area contributed by atoms with Crippen LogP contribution in [0.3, 0.4) is 0 Å². The van der Waals surface area contributed by atoms with Gasteiger partial charge in [0.15, 0.2) is 0 Å². The van der Waals surface area contributed by atoms with Crippen molar-refractivity contribution in [1.82, 2.24) is 0 Å². The molecule has 0 saturated carbocycles. The number of aliphatic hydroxyl groups is 3. The quantitative estimate of drug-likeness (QED) is 0.0619. The summed E-state index contributed by atoms with van der Waals surface area (Å²) in [5.41, 5.74) is 0.176. The van der Waals surface area contributed by atoms with Gasteiger partial charge in [0.05, 0.1) is 18.8 Å². The molecule has 0 aliphatic carbocycles. The number of unbranched alkanes of at least 4 members (excludes halogenated alkanes) is 11. The van der Waals surface area contributed by atoms with Crippen LogP contribution in [0.15, 0.2) is 24.3 Å². The fourth-order valence-electron chi connectivity index (χ4n) is 3.20. The zero-order chi connectivity index (χ0) is 28.9. The molecule has 0 aromatic rings. The van der Waals surface area contributed by atoms with Crippen LogP contribution in [0.5, 0.6) is 0 Å². The van der Waals surface area contributed by atoms with Crippen LogP contribution in [0, 0.1) is 5.92 Å². The second kappa shape index (κ2) is 30.5. The molecule has 0 amide bonds. The molecule has 0 fully saturated rings. The minimum absolute atomic E-state index is 0.176. The van der Waals surface area contributed by atoms with Gasteiger partial charge in [-0.25, -0.2) is 4.79 Å². The molecule has 37 heavy (non-hydrogen) atoms. The molecule has 3 atom stereocenters. The fraction of sp³-hybridized carbons (Fsp3) is 0.800. The van der Waals surface area contributed by atoms with E-state index in [0.29, 0.717) is 6.42 Å². The largest absolute Gasteiger partial charge is 0.481 e. The maximum atomic E-state index is 10.3. The van der Waals surface area contributed by atoms with Crippen molar-refractivity contribution >= 4 is 11.9 Å². The van der Waals surface area contributed by atoms with Crippen LogP contribution in [0.4, 0.5) is 0 Å². The number of carboxylic acids is 2. The van der Waals surface area contributed by atoms with Crippen LogP contribution < -0.4 is 0 Å². The average molecular weight is 531 g/mol. The minimum Gasteiger partial charge on any atom is -0.481 e. The van der Waals surface area contributed by atoms with Crippen molar-refractivity contribution in [2.24, 2.45) is 5.92 Å². The van der Waals surface area contributed by atoms with E-state index in [2.05, 4.69) is 25.7 Å². The maximum absolute atomic E-state index is 10.3. The molecular formula is C30H58O7. The second-order valence-corrected chi connectivity index (χ2v) is 9.84. The van der Waals surface area contributed by atoms with E-state index in [1.807, 2.05) is 13.8 Å². The summed E-state index contributed by atoms with van der Waals surface area (Å²) in [7, 11) is 0. The normalized spacial score (nSPS) is 13.1. The highest BCUT2D eigenvalue weighted by Crippen LogP contribution is 2.12. The molecule has 0 aromatic carbocycles. The van der Waals surface area contributed by atoms with E-state index in [1.54, 1.807) is 0 Å². The Bertz CT molecular complexity index is 548. The number of hydrogen-bond acceptors (Lipinski definition) is 5. The maximum Gasteiger partial charge on any atom is 0.330 e. The Kier molecular flexibility index (Phi) is 32.8. The summed E-state index contributed by atoms with van der Waals surface area (Å²) >= 11 is 0. The first-order valence-corrected chi connectivity index (χ1v) is 14.3. The Morgan fingerprint density at radius 2 is 1.24 bits per heavy atom. The Hall–Kier alpha value is -1.70. The molecule has 0 aliphatic heterocycles. The van der Waals surface area contributed by atoms with Gasteiger partial charge in [0.1, 0.15) is 0 Å². The third-order valence-corrected chi connectivity index (χ3v) is 6.04. The highest BCUT2D eigenvalue weighted by Gasteiger charge is 2.15. The average Bonchev–Trinajstić information content (AvgIpc) is 2.86. The third-order valence-electron chi connectivity index (χ3n) is 6.04. The zero-order valence-electron chi connectivity index (χ0n) is 24.2. The number of hydrogen-bond donors (Lipinski definition) is 5. The van der Waals surface area contributed by atoms with E-state index in [-0.39, 0.29) is 24.5 Å². The minimum atomic E-state index is -0.935. The standard InChI is InChI=1S/C18H34O2.C8H18O3.C4H6O2/c1-2-3-4-5-6-7-8-9-10-11-12-13-14-15-16-17-18(19)20;1-3-6(2)8(11)4-7(10)5-9;1-3(2)4(5)6/h9-10H,2-8,11-17H2,1H3,(H,19,20);6-11H,3-5H2,1-2H3;1H2,2H3,(H,5,6). The molecule has 5 N–H and O–H groups in total. The molecule has 3 unspecified atom stereocenters. The summed E-state index contributed by atoms with van der Waals surface area (Å²) < 4.78 is 0. The van der Waals surface area contributed by atoms with E-state index < -0.39 is 24.1 Å². The van der Waals surface area contributed by atoms with Crippen LogP contribution in [0.1, 0.15) is 130 Å². The number of allylic oxidation sites excluding steroid dienone is 2. The third kappa shape index (κ3) is 36.5. The molecule has 7 nitrogen and oxygen atoms in total. The SMILES string of the molecule is C=C(C)C(=O)O.CCC(C)C(O)CC(O)CO.CCCCCCCCC=CCCCCCCCC(=O)O. The van der Waals surface area contributed by atoms with Crippen molar-refractivity contribution in [2.45, 2.75) is 143 Å². The number of rotatable bonds is 21. The highest BCUT2D eigenvalue weighted by molar-refractivity contribution is 5.84. The molecule has 0 heterocycles. The number of aliphatic hydroxyl groups excluding tert-OH is 3. The van der Waals surface area contributed by atoms with Gasteiger partial charge in [-0.1, -0.05) is 97.3 Å². The number of carbonyl (C=O) groups is 2. The summed E-state index contributed by atoms with van der Waals surface area (Å²) in [6, 6.07) is 0. The summed E-state index contributed by atoms with van der Waals surface area (Å²) in [6.45, 7) is 10.5. The van der Waals surface area contributed by atoms with Gasteiger partial charge in [0.25, 0.3) is 0 Å².